The van der Waals surface area contributed by atoms with Gasteiger partial charge in [0.2, 0.25) is 0 Å². The lowest BCUT2D eigenvalue weighted by atomic mass is 10.2. The smallest absolute Gasteiger partial charge is 0.321 e. The van der Waals surface area contributed by atoms with E-state index in [1.807, 2.05) is 0 Å². The second-order valence-electron chi connectivity index (χ2n) is 5.58. The fraction of sp³-hybridized carbons (Fsp3) is 0.176. The Kier molecular flexibility index (Phi) is 5.06. The van der Waals surface area contributed by atoms with E-state index in [2.05, 4.69) is 10.4 Å². The van der Waals surface area contributed by atoms with E-state index in [4.69, 9.17) is 11.6 Å². The Balaban J connectivity index is 1.70. The molecule has 4 nitrogen and oxygen atoms in total. The number of carbonyl (C=O) groups excluding carboxylic acids is 1. The summed E-state index contributed by atoms with van der Waals surface area (Å²) in [7, 11) is 0. The molecule has 136 valence electrons. The van der Waals surface area contributed by atoms with Crippen LogP contribution in [0.25, 0.3) is 0 Å². The minimum absolute atomic E-state index is 0.149. The van der Waals surface area contributed by atoms with E-state index in [0.717, 1.165) is 11.6 Å². The number of halogens is 4. The number of benzene rings is 1. The summed E-state index contributed by atoms with van der Waals surface area (Å²) in [6.45, 7) is 1.95. The Morgan fingerprint density at radius 3 is 2.81 bits per heavy atom. The zero-order valence-electron chi connectivity index (χ0n) is 13.5. The van der Waals surface area contributed by atoms with Crippen LogP contribution >= 0.6 is 22.9 Å². The summed E-state index contributed by atoms with van der Waals surface area (Å²) in [5, 5.41) is 8.55. The van der Waals surface area contributed by atoms with Crippen LogP contribution < -0.4 is 5.32 Å². The summed E-state index contributed by atoms with van der Waals surface area (Å²) < 4.78 is 38.9. The third-order valence-corrected chi connectivity index (χ3v) is 5.06. The van der Waals surface area contributed by atoms with Gasteiger partial charge in [0.1, 0.15) is 0 Å². The third kappa shape index (κ3) is 4.08. The lowest BCUT2D eigenvalue weighted by Crippen LogP contribution is -2.11. The van der Waals surface area contributed by atoms with E-state index in [9.17, 15) is 18.0 Å². The van der Waals surface area contributed by atoms with E-state index in [1.165, 1.54) is 22.2 Å². The van der Waals surface area contributed by atoms with Crippen LogP contribution in [-0.2, 0) is 12.7 Å². The van der Waals surface area contributed by atoms with Crippen LogP contribution in [0.3, 0.4) is 0 Å². The van der Waals surface area contributed by atoms with E-state index < -0.39 is 11.9 Å². The summed E-state index contributed by atoms with van der Waals surface area (Å²) in [5.74, 6) is -0.303. The molecule has 0 fully saturated rings. The average Bonchev–Trinajstić information content (AvgIpc) is 3.21. The average molecular weight is 400 g/mol. The van der Waals surface area contributed by atoms with Gasteiger partial charge in [-0.05, 0) is 47.7 Å². The van der Waals surface area contributed by atoms with E-state index >= 15 is 0 Å². The molecule has 0 radical (unpaired) electrons. The Hall–Kier alpha value is -2.32. The van der Waals surface area contributed by atoms with E-state index in [0.29, 0.717) is 21.2 Å². The zero-order valence-corrected chi connectivity index (χ0v) is 15.0. The number of nitrogens with one attached hydrogen (secondary N) is 1. The summed E-state index contributed by atoms with van der Waals surface area (Å²) in [5.41, 5.74) is 1.12. The number of alkyl halides is 3. The van der Waals surface area contributed by atoms with Crippen molar-refractivity contribution in [1.82, 2.24) is 9.78 Å². The molecular formula is C17H13ClF3N3OS. The molecule has 3 aromatic rings. The monoisotopic (exact) mass is 399 g/mol. The highest BCUT2D eigenvalue weighted by Gasteiger charge is 2.33. The minimum atomic E-state index is -4.47. The molecule has 0 atom stereocenters. The molecule has 1 amide bonds. The van der Waals surface area contributed by atoms with Crippen LogP contribution in [0.15, 0.2) is 41.9 Å². The Labute approximate surface area is 156 Å². The molecule has 0 aliphatic rings. The van der Waals surface area contributed by atoms with Crippen molar-refractivity contribution in [1.29, 1.82) is 0 Å². The Bertz CT molecular complexity index is 949. The number of hydrogen-bond acceptors (Lipinski definition) is 3. The van der Waals surface area contributed by atoms with Gasteiger partial charge >= 0.3 is 6.18 Å². The van der Waals surface area contributed by atoms with Crippen molar-refractivity contribution in [2.45, 2.75) is 19.6 Å². The molecule has 1 aromatic carbocycles. The number of nitrogens with zero attached hydrogens (tertiary/aromatic N) is 2. The van der Waals surface area contributed by atoms with E-state index in [1.54, 1.807) is 36.6 Å². The third-order valence-electron chi connectivity index (χ3n) is 3.67. The van der Waals surface area contributed by atoms with Crippen molar-refractivity contribution in [3.63, 3.8) is 0 Å². The van der Waals surface area contributed by atoms with Gasteiger partial charge < -0.3 is 5.32 Å². The molecule has 0 aliphatic carbocycles. The van der Waals surface area contributed by atoms with Crippen molar-refractivity contribution < 1.29 is 18.0 Å². The van der Waals surface area contributed by atoms with Gasteiger partial charge in [0.05, 0.1) is 11.4 Å². The number of carbonyl (C=O) groups is 1. The summed E-state index contributed by atoms with van der Waals surface area (Å²) in [4.78, 5) is 12.8. The summed E-state index contributed by atoms with van der Waals surface area (Å²) >= 11 is 7.24. The minimum Gasteiger partial charge on any atom is -0.321 e. The van der Waals surface area contributed by atoms with Gasteiger partial charge in [-0.1, -0.05) is 17.7 Å². The van der Waals surface area contributed by atoms with Crippen molar-refractivity contribution in [2.24, 2.45) is 0 Å². The predicted molar refractivity (Wildman–Crippen MR) is 94.8 cm³/mol. The van der Waals surface area contributed by atoms with Gasteiger partial charge in [-0.2, -0.15) is 18.3 Å². The molecule has 0 saturated heterocycles. The van der Waals surface area contributed by atoms with Crippen LogP contribution in [0, 0.1) is 6.92 Å². The normalized spacial score (nSPS) is 11.6. The van der Waals surface area contributed by atoms with E-state index in [-0.39, 0.29) is 12.5 Å². The second kappa shape index (κ2) is 7.13. The number of rotatable bonds is 4. The first-order valence-electron chi connectivity index (χ1n) is 7.48. The number of thiophene rings is 1. The van der Waals surface area contributed by atoms with Crippen LogP contribution in [0.5, 0.6) is 0 Å². The SMILES string of the molecule is Cc1c(Cl)cccc1NC(=O)c1cc(Cn2ccc(C(F)(F)F)n2)cs1. The van der Waals surface area contributed by atoms with Gasteiger partial charge in [-0.25, -0.2) is 0 Å². The van der Waals surface area contributed by atoms with Gasteiger partial charge in [0.15, 0.2) is 5.69 Å². The first-order chi connectivity index (χ1) is 12.2. The number of hydrogen-bond donors (Lipinski definition) is 1. The molecule has 2 heterocycles. The van der Waals surface area contributed by atoms with Gasteiger partial charge in [-0.15, -0.1) is 11.3 Å². The molecule has 2 aromatic heterocycles. The quantitative estimate of drug-likeness (QED) is 0.653. The highest BCUT2D eigenvalue weighted by molar-refractivity contribution is 7.12. The molecular weight excluding hydrogens is 387 g/mol. The van der Waals surface area contributed by atoms with Crippen molar-refractivity contribution in [2.75, 3.05) is 5.32 Å². The fourth-order valence-corrected chi connectivity index (χ4v) is 3.27. The maximum atomic E-state index is 12.6. The molecule has 3 rings (SSSR count). The largest absolute Gasteiger partial charge is 0.435 e. The molecule has 9 heteroatoms. The molecule has 26 heavy (non-hydrogen) atoms. The maximum Gasteiger partial charge on any atom is 0.435 e. The molecule has 1 N–H and O–H groups in total. The summed E-state index contributed by atoms with van der Waals surface area (Å²) in [6, 6.07) is 7.77. The first-order valence-corrected chi connectivity index (χ1v) is 8.74. The van der Waals surface area contributed by atoms with Gasteiger partial charge in [0.25, 0.3) is 5.91 Å². The molecule has 0 spiro atoms. The number of anilines is 1. The van der Waals surface area contributed by atoms with Crippen molar-refractivity contribution >= 4 is 34.5 Å². The summed E-state index contributed by atoms with van der Waals surface area (Å²) in [6.07, 6.45) is -3.21. The second-order valence-corrected chi connectivity index (χ2v) is 6.90. The standard InChI is InChI=1S/C17H13ClF3N3OS/c1-10-12(18)3-2-4-13(10)22-16(25)14-7-11(9-26-14)8-24-6-5-15(23-24)17(19,20)21/h2-7,9H,8H2,1H3,(H,22,25). The Morgan fingerprint density at radius 1 is 1.35 bits per heavy atom. The van der Waals surface area contributed by atoms with Crippen molar-refractivity contribution in [3.05, 3.63) is 68.6 Å². The van der Waals surface area contributed by atoms with Crippen LogP contribution in [0.1, 0.15) is 26.5 Å². The van der Waals surface area contributed by atoms with Gasteiger partial charge in [-0.3, -0.25) is 9.48 Å². The molecule has 0 unspecified atom stereocenters. The molecule has 0 saturated carbocycles. The van der Waals surface area contributed by atoms with Crippen molar-refractivity contribution in [3.8, 4) is 0 Å². The lowest BCUT2D eigenvalue weighted by Gasteiger charge is -2.08. The first kappa shape index (κ1) is 18.5. The fourth-order valence-electron chi connectivity index (χ4n) is 2.29. The molecule has 0 aliphatic heterocycles. The van der Waals surface area contributed by atoms with Gasteiger partial charge in [0, 0.05) is 16.9 Å². The number of aromatic nitrogens is 2. The molecule has 0 bridgehead atoms. The number of amides is 1. The highest BCUT2D eigenvalue weighted by Crippen LogP contribution is 2.28. The Morgan fingerprint density at radius 2 is 2.12 bits per heavy atom. The van der Waals surface area contributed by atoms with Crippen LogP contribution in [-0.4, -0.2) is 15.7 Å². The topological polar surface area (TPSA) is 46.9 Å². The van der Waals surface area contributed by atoms with Crippen LogP contribution in [0.4, 0.5) is 18.9 Å². The van der Waals surface area contributed by atoms with Crippen LogP contribution in [0.2, 0.25) is 5.02 Å². The maximum absolute atomic E-state index is 12.6. The predicted octanol–water partition coefficient (Wildman–Crippen LogP) is 5.23. The zero-order chi connectivity index (χ0) is 18.9. The highest BCUT2D eigenvalue weighted by atomic mass is 35.5. The lowest BCUT2D eigenvalue weighted by molar-refractivity contribution is -0.141.